The SMILES string of the molecule is C[C@H](NC(=O)Cc1cccc(C(F)(F)F)c1)c1ccc2c(c1)OCCO2. The van der Waals surface area contributed by atoms with Gasteiger partial charge in [0.25, 0.3) is 0 Å². The van der Waals surface area contributed by atoms with Crippen LogP contribution >= 0.6 is 0 Å². The first kappa shape index (κ1) is 18.1. The minimum Gasteiger partial charge on any atom is -0.486 e. The van der Waals surface area contributed by atoms with E-state index in [4.69, 9.17) is 9.47 Å². The third-order valence-corrected chi connectivity index (χ3v) is 4.06. The molecule has 0 radical (unpaired) electrons. The van der Waals surface area contributed by atoms with Gasteiger partial charge in [-0.05, 0) is 36.2 Å². The summed E-state index contributed by atoms with van der Waals surface area (Å²) in [5, 5.41) is 2.79. The summed E-state index contributed by atoms with van der Waals surface area (Å²) in [5.74, 6) is 0.918. The van der Waals surface area contributed by atoms with E-state index in [-0.39, 0.29) is 18.4 Å². The number of fused-ring (bicyclic) bond motifs is 1. The average Bonchev–Trinajstić information content (AvgIpc) is 2.60. The molecule has 0 fully saturated rings. The van der Waals surface area contributed by atoms with Gasteiger partial charge in [-0.1, -0.05) is 24.3 Å². The van der Waals surface area contributed by atoms with E-state index in [1.165, 1.54) is 12.1 Å². The second kappa shape index (κ2) is 7.27. The number of carbonyl (C=O) groups is 1. The Morgan fingerprint density at radius 1 is 1.12 bits per heavy atom. The summed E-state index contributed by atoms with van der Waals surface area (Å²) >= 11 is 0. The number of ether oxygens (including phenoxy) is 2. The van der Waals surface area contributed by atoms with Crippen molar-refractivity contribution in [3.05, 3.63) is 59.2 Å². The molecule has 3 rings (SSSR count). The van der Waals surface area contributed by atoms with Crippen LogP contribution in [0.15, 0.2) is 42.5 Å². The highest BCUT2D eigenvalue weighted by atomic mass is 19.4. The highest BCUT2D eigenvalue weighted by Gasteiger charge is 2.30. The smallest absolute Gasteiger partial charge is 0.416 e. The molecule has 1 amide bonds. The van der Waals surface area contributed by atoms with Crippen molar-refractivity contribution >= 4 is 5.91 Å². The lowest BCUT2D eigenvalue weighted by molar-refractivity contribution is -0.137. The van der Waals surface area contributed by atoms with E-state index in [0.717, 1.165) is 17.7 Å². The lowest BCUT2D eigenvalue weighted by atomic mass is 10.1. The van der Waals surface area contributed by atoms with Crippen molar-refractivity contribution in [2.75, 3.05) is 13.2 Å². The maximum Gasteiger partial charge on any atom is 0.416 e. The summed E-state index contributed by atoms with van der Waals surface area (Å²) in [6.45, 7) is 2.76. The van der Waals surface area contributed by atoms with Crippen LogP contribution < -0.4 is 14.8 Å². The average molecular weight is 365 g/mol. The first-order valence-corrected chi connectivity index (χ1v) is 8.18. The topological polar surface area (TPSA) is 47.6 Å². The molecule has 138 valence electrons. The largest absolute Gasteiger partial charge is 0.486 e. The summed E-state index contributed by atoms with van der Waals surface area (Å²) in [6, 6.07) is 9.86. The van der Waals surface area contributed by atoms with Gasteiger partial charge in [-0.25, -0.2) is 0 Å². The van der Waals surface area contributed by atoms with Gasteiger partial charge < -0.3 is 14.8 Å². The maximum absolute atomic E-state index is 12.8. The van der Waals surface area contributed by atoms with E-state index >= 15 is 0 Å². The zero-order valence-corrected chi connectivity index (χ0v) is 14.1. The predicted molar refractivity (Wildman–Crippen MR) is 89.1 cm³/mol. The zero-order valence-electron chi connectivity index (χ0n) is 14.1. The van der Waals surface area contributed by atoms with Gasteiger partial charge in [0.2, 0.25) is 5.91 Å². The van der Waals surface area contributed by atoms with E-state index in [2.05, 4.69) is 5.32 Å². The summed E-state index contributed by atoms with van der Waals surface area (Å²) in [4.78, 5) is 12.2. The van der Waals surface area contributed by atoms with Crippen molar-refractivity contribution in [2.24, 2.45) is 0 Å². The Hall–Kier alpha value is -2.70. The minimum absolute atomic E-state index is 0.126. The number of halogens is 3. The van der Waals surface area contributed by atoms with Crippen LogP contribution in [0.3, 0.4) is 0 Å². The predicted octanol–water partition coefficient (Wildman–Crippen LogP) is 3.90. The van der Waals surface area contributed by atoms with Crippen LogP contribution in [0.2, 0.25) is 0 Å². The Labute approximate surface area is 148 Å². The first-order chi connectivity index (χ1) is 12.3. The molecule has 0 unspecified atom stereocenters. The molecule has 7 heteroatoms. The molecule has 0 bridgehead atoms. The number of hydrogen-bond acceptors (Lipinski definition) is 3. The molecule has 0 saturated carbocycles. The van der Waals surface area contributed by atoms with E-state index in [9.17, 15) is 18.0 Å². The van der Waals surface area contributed by atoms with Crippen LogP contribution in [0, 0.1) is 0 Å². The lowest BCUT2D eigenvalue weighted by Gasteiger charge is -2.21. The summed E-state index contributed by atoms with van der Waals surface area (Å²) in [7, 11) is 0. The summed E-state index contributed by atoms with van der Waals surface area (Å²) in [5.41, 5.74) is 0.376. The summed E-state index contributed by atoms with van der Waals surface area (Å²) in [6.07, 6.45) is -4.55. The van der Waals surface area contributed by atoms with E-state index in [1.807, 2.05) is 6.07 Å². The molecule has 1 heterocycles. The number of nitrogens with one attached hydrogen (secondary N) is 1. The Morgan fingerprint density at radius 2 is 1.85 bits per heavy atom. The van der Waals surface area contributed by atoms with Crippen molar-refractivity contribution in [2.45, 2.75) is 25.6 Å². The van der Waals surface area contributed by atoms with Crippen LogP contribution in [0.25, 0.3) is 0 Å². The van der Waals surface area contributed by atoms with Gasteiger partial charge >= 0.3 is 6.18 Å². The van der Waals surface area contributed by atoms with Crippen LogP contribution in [-0.2, 0) is 17.4 Å². The van der Waals surface area contributed by atoms with Gasteiger partial charge in [0.15, 0.2) is 11.5 Å². The highest BCUT2D eigenvalue weighted by Crippen LogP contribution is 2.33. The molecule has 26 heavy (non-hydrogen) atoms. The molecular weight excluding hydrogens is 347 g/mol. The third-order valence-electron chi connectivity index (χ3n) is 4.06. The van der Waals surface area contributed by atoms with Crippen molar-refractivity contribution in [3.8, 4) is 11.5 Å². The molecule has 1 N–H and O–H groups in total. The molecule has 0 saturated heterocycles. The molecule has 1 aliphatic rings. The van der Waals surface area contributed by atoms with Gasteiger partial charge in [0.1, 0.15) is 13.2 Å². The molecule has 1 atom stereocenters. The molecule has 0 aliphatic carbocycles. The van der Waals surface area contributed by atoms with E-state index in [0.29, 0.717) is 30.3 Å². The Balaban J connectivity index is 1.65. The maximum atomic E-state index is 12.8. The van der Waals surface area contributed by atoms with Gasteiger partial charge in [0, 0.05) is 0 Å². The number of amides is 1. The standard InChI is InChI=1S/C19H18F3NO3/c1-12(14-5-6-16-17(11-14)26-8-7-25-16)23-18(24)10-13-3-2-4-15(9-13)19(20,21)22/h2-6,9,11-12H,7-8,10H2,1H3,(H,23,24)/t12-/m0/s1. The zero-order chi connectivity index (χ0) is 18.7. The number of rotatable bonds is 4. The fourth-order valence-corrected chi connectivity index (χ4v) is 2.75. The lowest BCUT2D eigenvalue weighted by Crippen LogP contribution is -2.28. The van der Waals surface area contributed by atoms with E-state index < -0.39 is 11.7 Å². The van der Waals surface area contributed by atoms with Gasteiger partial charge in [0.05, 0.1) is 18.0 Å². The van der Waals surface area contributed by atoms with Crippen LogP contribution in [-0.4, -0.2) is 19.1 Å². The molecule has 4 nitrogen and oxygen atoms in total. The Morgan fingerprint density at radius 3 is 2.58 bits per heavy atom. The van der Waals surface area contributed by atoms with Crippen molar-refractivity contribution < 1.29 is 27.4 Å². The number of alkyl halides is 3. The van der Waals surface area contributed by atoms with Crippen LogP contribution in [0.1, 0.15) is 29.7 Å². The molecule has 0 spiro atoms. The van der Waals surface area contributed by atoms with Crippen molar-refractivity contribution in [1.82, 2.24) is 5.32 Å². The van der Waals surface area contributed by atoms with Gasteiger partial charge in [-0.2, -0.15) is 13.2 Å². The number of benzene rings is 2. The third kappa shape index (κ3) is 4.28. The number of carbonyl (C=O) groups excluding carboxylic acids is 1. The second-order valence-corrected chi connectivity index (χ2v) is 6.07. The van der Waals surface area contributed by atoms with E-state index in [1.54, 1.807) is 19.1 Å². The second-order valence-electron chi connectivity index (χ2n) is 6.07. The molecule has 0 aromatic heterocycles. The monoisotopic (exact) mass is 365 g/mol. The highest BCUT2D eigenvalue weighted by molar-refractivity contribution is 5.79. The van der Waals surface area contributed by atoms with Crippen molar-refractivity contribution in [1.29, 1.82) is 0 Å². The van der Waals surface area contributed by atoms with Crippen LogP contribution in [0.4, 0.5) is 13.2 Å². The molecular formula is C19H18F3NO3. The Kier molecular flexibility index (Phi) is 5.06. The first-order valence-electron chi connectivity index (χ1n) is 8.18. The molecule has 2 aromatic carbocycles. The molecule has 2 aromatic rings. The number of hydrogen-bond donors (Lipinski definition) is 1. The quantitative estimate of drug-likeness (QED) is 0.894. The summed E-state index contributed by atoms with van der Waals surface area (Å²) < 4.78 is 49.2. The fraction of sp³-hybridized carbons (Fsp3) is 0.316. The van der Waals surface area contributed by atoms with Crippen molar-refractivity contribution in [3.63, 3.8) is 0 Å². The van der Waals surface area contributed by atoms with Gasteiger partial charge in [-0.3, -0.25) is 4.79 Å². The Bertz CT molecular complexity index is 805. The van der Waals surface area contributed by atoms with Crippen LogP contribution in [0.5, 0.6) is 11.5 Å². The van der Waals surface area contributed by atoms with Gasteiger partial charge in [-0.15, -0.1) is 0 Å². The fourth-order valence-electron chi connectivity index (χ4n) is 2.75. The molecule has 1 aliphatic heterocycles. The minimum atomic E-state index is -4.43. The normalized spacial score (nSPS) is 14.6.